The summed E-state index contributed by atoms with van der Waals surface area (Å²) in [6, 6.07) is 12.2. The number of fused-ring (bicyclic) bond motifs is 1. The van der Waals surface area contributed by atoms with Gasteiger partial charge in [0.25, 0.3) is 0 Å². The van der Waals surface area contributed by atoms with E-state index in [1.807, 2.05) is 37.3 Å². The number of aromatic nitrogens is 2. The minimum absolute atomic E-state index is 0.0459. The van der Waals surface area contributed by atoms with Crippen molar-refractivity contribution in [2.75, 3.05) is 51.3 Å². The highest BCUT2D eigenvalue weighted by Gasteiger charge is 2.26. The van der Waals surface area contributed by atoms with Gasteiger partial charge in [0.15, 0.2) is 0 Å². The highest BCUT2D eigenvalue weighted by molar-refractivity contribution is 5.92. The lowest BCUT2D eigenvalue weighted by Gasteiger charge is -2.35. The molecule has 0 radical (unpaired) electrons. The zero-order chi connectivity index (χ0) is 25.2. The lowest BCUT2D eigenvalue weighted by molar-refractivity contribution is -0.126. The molecule has 1 aromatic heterocycles. The van der Waals surface area contributed by atoms with E-state index in [0.717, 1.165) is 46.4 Å². The van der Waals surface area contributed by atoms with Crippen molar-refractivity contribution < 1.29 is 14.6 Å². The summed E-state index contributed by atoms with van der Waals surface area (Å²) in [4.78, 5) is 28.1. The van der Waals surface area contributed by atoms with Gasteiger partial charge in [-0.1, -0.05) is 30.8 Å². The predicted octanol–water partition coefficient (Wildman–Crippen LogP) is 3.62. The number of anilines is 1. The zero-order valence-electron chi connectivity index (χ0n) is 21.0. The second kappa shape index (κ2) is 10.1. The number of nitrogens with zero attached hydrogens (tertiary/aromatic N) is 5. The first kappa shape index (κ1) is 24.1. The molecule has 0 aliphatic carbocycles. The van der Waals surface area contributed by atoms with Crippen LogP contribution in [0, 0.1) is 6.92 Å². The molecule has 8 nitrogen and oxygen atoms in total. The summed E-state index contributed by atoms with van der Waals surface area (Å²) in [6.07, 6.45) is 3.64. The van der Waals surface area contributed by atoms with Gasteiger partial charge in [0.2, 0.25) is 5.91 Å². The Kier molecular flexibility index (Phi) is 6.78. The van der Waals surface area contributed by atoms with Gasteiger partial charge in [-0.3, -0.25) is 4.79 Å². The summed E-state index contributed by atoms with van der Waals surface area (Å²) < 4.78 is 6.18. The number of amides is 1. The Labute approximate surface area is 211 Å². The Balaban J connectivity index is 1.50. The van der Waals surface area contributed by atoms with Crippen molar-refractivity contribution >= 4 is 22.5 Å². The molecule has 3 heterocycles. The number of benzene rings is 2. The van der Waals surface area contributed by atoms with Gasteiger partial charge in [-0.2, -0.15) is 9.97 Å². The van der Waals surface area contributed by atoms with Gasteiger partial charge < -0.3 is 24.5 Å². The van der Waals surface area contributed by atoms with Crippen molar-refractivity contribution in [2.45, 2.75) is 25.8 Å². The molecule has 0 spiro atoms. The van der Waals surface area contributed by atoms with Crippen molar-refractivity contribution in [2.24, 2.45) is 0 Å². The summed E-state index contributed by atoms with van der Waals surface area (Å²) in [5, 5.41) is 12.2. The number of phenolic OH excluding ortho intramolecular Hbond substituents is 1. The van der Waals surface area contributed by atoms with E-state index in [9.17, 15) is 9.90 Å². The molecule has 0 unspecified atom stereocenters. The van der Waals surface area contributed by atoms with Gasteiger partial charge in [-0.15, -0.1) is 0 Å². The van der Waals surface area contributed by atoms with Crippen LogP contribution in [0.3, 0.4) is 0 Å². The number of carbonyl (C=O) groups excluding carboxylic acids is 1. The van der Waals surface area contributed by atoms with Gasteiger partial charge >= 0.3 is 6.01 Å². The molecule has 188 valence electrons. The van der Waals surface area contributed by atoms with E-state index in [0.29, 0.717) is 44.8 Å². The lowest BCUT2D eigenvalue weighted by atomic mass is 10.0. The smallest absolute Gasteiger partial charge is 0.319 e. The summed E-state index contributed by atoms with van der Waals surface area (Å²) in [7, 11) is 2.12. The van der Waals surface area contributed by atoms with Gasteiger partial charge in [-0.05, 0) is 57.0 Å². The molecule has 0 saturated carbocycles. The second-order valence-electron chi connectivity index (χ2n) is 9.62. The third kappa shape index (κ3) is 4.73. The molecular weight excluding hydrogens is 454 g/mol. The van der Waals surface area contributed by atoms with Crippen molar-refractivity contribution in [3.8, 4) is 23.0 Å². The van der Waals surface area contributed by atoms with E-state index in [2.05, 4.69) is 23.4 Å². The molecule has 2 saturated heterocycles. The summed E-state index contributed by atoms with van der Waals surface area (Å²) in [6.45, 7) is 9.80. The Bertz CT molecular complexity index is 1290. The van der Waals surface area contributed by atoms with E-state index in [4.69, 9.17) is 14.7 Å². The molecule has 8 heteroatoms. The number of likely N-dealkylation sites (tertiary alicyclic amines) is 1. The van der Waals surface area contributed by atoms with E-state index in [1.54, 1.807) is 11.0 Å². The predicted molar refractivity (Wildman–Crippen MR) is 142 cm³/mol. The highest BCUT2D eigenvalue weighted by Crippen LogP contribution is 2.34. The SMILES string of the molecule is C=CC(=O)N1CCN(c2nc(OC[C@@H]3CCCN3C)nc(-c3ccc4cccc(O)c4c3)c2C)CC1. The molecular formula is C28H33N5O3. The number of hydrogen-bond acceptors (Lipinski definition) is 7. The van der Waals surface area contributed by atoms with Crippen LogP contribution in [0.2, 0.25) is 0 Å². The van der Waals surface area contributed by atoms with Crippen LogP contribution < -0.4 is 9.64 Å². The molecule has 2 aliphatic rings. The monoisotopic (exact) mass is 487 g/mol. The molecule has 1 atom stereocenters. The fraction of sp³-hybridized carbons (Fsp3) is 0.393. The van der Waals surface area contributed by atoms with Gasteiger partial charge in [-0.25, -0.2) is 0 Å². The van der Waals surface area contributed by atoms with Crippen molar-refractivity contribution in [3.05, 3.63) is 54.6 Å². The average Bonchev–Trinajstić information content (AvgIpc) is 3.32. The number of aromatic hydroxyl groups is 1. The first-order valence-electron chi connectivity index (χ1n) is 12.5. The fourth-order valence-electron chi connectivity index (χ4n) is 5.17. The topological polar surface area (TPSA) is 82.0 Å². The van der Waals surface area contributed by atoms with E-state index in [-0.39, 0.29) is 11.7 Å². The van der Waals surface area contributed by atoms with Crippen LogP contribution in [0.15, 0.2) is 49.1 Å². The van der Waals surface area contributed by atoms with Crippen molar-refractivity contribution in [1.82, 2.24) is 19.8 Å². The number of rotatable bonds is 6. The standard InChI is InChI=1S/C28H33N5O3/c1-4-25(35)32-13-15-33(16-14-32)27-19(2)26(21-11-10-20-7-5-9-24(34)23(20)17-21)29-28(30-27)36-18-22-8-6-12-31(22)3/h4-5,7,9-11,17,22,34H,1,6,8,12-16,18H2,2-3H3/t22-/m0/s1. The van der Waals surface area contributed by atoms with Gasteiger partial charge in [0.1, 0.15) is 18.2 Å². The maximum absolute atomic E-state index is 12.1. The number of hydrogen-bond donors (Lipinski definition) is 1. The Morgan fingerprint density at radius 3 is 2.69 bits per heavy atom. The van der Waals surface area contributed by atoms with Crippen LogP contribution in [-0.4, -0.2) is 83.2 Å². The quantitative estimate of drug-likeness (QED) is 0.532. The second-order valence-corrected chi connectivity index (χ2v) is 9.62. The van der Waals surface area contributed by atoms with Crippen LogP contribution in [0.25, 0.3) is 22.0 Å². The van der Waals surface area contributed by atoms with Crippen LogP contribution in [0.5, 0.6) is 11.8 Å². The molecule has 2 aromatic carbocycles. The Morgan fingerprint density at radius 2 is 1.97 bits per heavy atom. The van der Waals surface area contributed by atoms with Crippen LogP contribution in [0.1, 0.15) is 18.4 Å². The fourth-order valence-corrected chi connectivity index (χ4v) is 5.17. The Morgan fingerprint density at radius 1 is 1.17 bits per heavy atom. The number of phenols is 1. The summed E-state index contributed by atoms with van der Waals surface area (Å²) in [5.41, 5.74) is 2.62. The lowest BCUT2D eigenvalue weighted by Crippen LogP contribution is -2.48. The molecule has 1 amide bonds. The molecule has 36 heavy (non-hydrogen) atoms. The maximum Gasteiger partial charge on any atom is 0.319 e. The zero-order valence-corrected chi connectivity index (χ0v) is 21.0. The van der Waals surface area contributed by atoms with Crippen molar-refractivity contribution in [1.29, 1.82) is 0 Å². The van der Waals surface area contributed by atoms with E-state index in [1.165, 1.54) is 12.5 Å². The van der Waals surface area contributed by atoms with E-state index < -0.39 is 0 Å². The number of ether oxygens (including phenoxy) is 1. The third-order valence-corrected chi connectivity index (χ3v) is 7.37. The number of carbonyl (C=O) groups is 1. The first-order chi connectivity index (χ1) is 17.4. The minimum Gasteiger partial charge on any atom is -0.507 e. The van der Waals surface area contributed by atoms with Crippen molar-refractivity contribution in [3.63, 3.8) is 0 Å². The third-order valence-electron chi connectivity index (χ3n) is 7.37. The summed E-state index contributed by atoms with van der Waals surface area (Å²) in [5.74, 6) is 1.01. The van der Waals surface area contributed by atoms with Crippen LogP contribution >= 0.6 is 0 Å². The first-order valence-corrected chi connectivity index (χ1v) is 12.5. The van der Waals surface area contributed by atoms with Gasteiger partial charge in [0.05, 0.1) is 5.69 Å². The van der Waals surface area contributed by atoms with E-state index >= 15 is 0 Å². The van der Waals surface area contributed by atoms with Crippen LogP contribution in [-0.2, 0) is 4.79 Å². The molecule has 2 fully saturated rings. The number of likely N-dealkylation sites (N-methyl/N-ethyl adjacent to an activating group) is 1. The normalized spacial score (nSPS) is 18.6. The molecule has 3 aromatic rings. The molecule has 5 rings (SSSR count). The maximum atomic E-state index is 12.1. The van der Waals surface area contributed by atoms with Gasteiger partial charge in [0, 0.05) is 48.7 Å². The number of piperazine rings is 1. The average molecular weight is 488 g/mol. The Hall–Kier alpha value is -3.65. The minimum atomic E-state index is -0.0459. The molecule has 2 aliphatic heterocycles. The van der Waals surface area contributed by atoms with Crippen LogP contribution in [0.4, 0.5) is 5.82 Å². The highest BCUT2D eigenvalue weighted by atomic mass is 16.5. The molecule has 1 N–H and O–H groups in total. The summed E-state index contributed by atoms with van der Waals surface area (Å²) >= 11 is 0. The molecule has 0 bridgehead atoms. The largest absolute Gasteiger partial charge is 0.507 e.